The van der Waals surface area contributed by atoms with Crippen molar-refractivity contribution in [2.75, 3.05) is 0 Å². The van der Waals surface area contributed by atoms with Crippen molar-refractivity contribution < 1.29 is 13.2 Å². The maximum atomic E-state index is 12.6. The molecule has 0 saturated heterocycles. The van der Waals surface area contributed by atoms with Crippen LogP contribution in [0.3, 0.4) is 0 Å². The molecule has 0 saturated carbocycles. The van der Waals surface area contributed by atoms with Gasteiger partial charge in [0.05, 0.1) is 15.9 Å². The van der Waals surface area contributed by atoms with E-state index < -0.39 is 10.0 Å². The summed E-state index contributed by atoms with van der Waals surface area (Å²) in [6.45, 7) is 5.31. The quantitative estimate of drug-likeness (QED) is 0.364. The number of benzene rings is 3. The number of nitrogens with one attached hydrogen (secondary N) is 1. The Morgan fingerprint density at radius 1 is 1.03 bits per heavy atom. The van der Waals surface area contributed by atoms with Crippen LogP contribution in [-0.2, 0) is 34.3 Å². The first-order chi connectivity index (χ1) is 16.7. The summed E-state index contributed by atoms with van der Waals surface area (Å²) in [7, 11) is -3.81. The molecule has 1 amide bonds. The molecule has 182 valence electrons. The second-order valence-electron chi connectivity index (χ2n) is 8.72. The summed E-state index contributed by atoms with van der Waals surface area (Å²) in [5.41, 5.74) is 5.91. The Morgan fingerprint density at radius 2 is 1.77 bits per heavy atom. The van der Waals surface area contributed by atoms with Gasteiger partial charge in [0.15, 0.2) is 0 Å². The van der Waals surface area contributed by atoms with Crippen LogP contribution in [0.15, 0.2) is 71.6 Å². The number of primary sulfonamides is 1. The molecule has 4 rings (SSSR count). The maximum Gasteiger partial charge on any atom is 0.238 e. The number of nitrogens with zero attached hydrogens (tertiary/aromatic N) is 2. The van der Waals surface area contributed by atoms with Crippen LogP contribution in [0.4, 0.5) is 0 Å². The number of aryl methyl sites for hydroxylation is 3. The van der Waals surface area contributed by atoms with E-state index in [0.717, 1.165) is 41.0 Å². The molecule has 0 aliphatic heterocycles. The number of sulfonamides is 1. The van der Waals surface area contributed by atoms with Crippen molar-refractivity contribution in [3.05, 3.63) is 83.7 Å². The highest BCUT2D eigenvalue weighted by molar-refractivity contribution is 7.89. The average molecular weight is 491 g/mol. The smallest absolute Gasteiger partial charge is 0.238 e. The second-order valence-corrected chi connectivity index (χ2v) is 10.3. The molecule has 1 heterocycles. The number of amides is 1. The van der Waals surface area contributed by atoms with Gasteiger partial charge in [0.25, 0.3) is 0 Å². The number of nitrogens with two attached hydrogens (primary N) is 1. The Hall–Kier alpha value is -3.49. The topological polar surface area (TPSA) is 107 Å². The number of fused-ring (bicyclic) bond motifs is 1. The van der Waals surface area contributed by atoms with Crippen LogP contribution in [0.2, 0.25) is 0 Å². The number of carbonyl (C=O) groups excluding carboxylic acids is 1. The molecule has 1 aromatic heterocycles. The van der Waals surface area contributed by atoms with Gasteiger partial charge in [0.1, 0.15) is 5.82 Å². The molecular weight excluding hydrogens is 460 g/mol. The second kappa shape index (κ2) is 10.4. The highest BCUT2D eigenvalue weighted by Gasteiger charge is 2.15. The zero-order chi connectivity index (χ0) is 25.0. The third kappa shape index (κ3) is 5.96. The maximum absolute atomic E-state index is 12.6. The first-order valence-electron chi connectivity index (χ1n) is 11.7. The van der Waals surface area contributed by atoms with Crippen molar-refractivity contribution in [2.45, 2.75) is 51.1 Å². The zero-order valence-corrected chi connectivity index (χ0v) is 20.8. The minimum Gasteiger partial charge on any atom is -0.352 e. The van der Waals surface area contributed by atoms with Gasteiger partial charge in [-0.3, -0.25) is 4.79 Å². The Balaban J connectivity index is 1.43. The van der Waals surface area contributed by atoms with E-state index in [2.05, 4.69) is 54.5 Å². The van der Waals surface area contributed by atoms with E-state index in [4.69, 9.17) is 5.14 Å². The van der Waals surface area contributed by atoms with Crippen molar-refractivity contribution in [2.24, 2.45) is 5.14 Å². The molecule has 0 aliphatic carbocycles. The number of imidazole rings is 1. The first-order valence-corrected chi connectivity index (χ1v) is 13.2. The van der Waals surface area contributed by atoms with E-state index in [1.807, 2.05) is 22.8 Å². The highest BCUT2D eigenvalue weighted by Crippen LogP contribution is 2.23. The molecule has 0 unspecified atom stereocenters. The molecule has 0 aliphatic rings. The van der Waals surface area contributed by atoms with Gasteiger partial charge in [-0.15, -0.1) is 0 Å². The molecule has 0 fully saturated rings. The number of carbonyl (C=O) groups is 1. The zero-order valence-electron chi connectivity index (χ0n) is 20.0. The van der Waals surface area contributed by atoms with E-state index in [9.17, 15) is 13.2 Å². The Bertz CT molecular complexity index is 1480. The van der Waals surface area contributed by atoms with Crippen LogP contribution in [0.1, 0.15) is 36.7 Å². The third-order valence-corrected chi connectivity index (χ3v) is 6.83. The molecule has 35 heavy (non-hydrogen) atoms. The van der Waals surface area contributed by atoms with Crippen LogP contribution in [0.5, 0.6) is 0 Å². The average Bonchev–Trinajstić information content (AvgIpc) is 3.18. The van der Waals surface area contributed by atoms with E-state index >= 15 is 0 Å². The summed E-state index contributed by atoms with van der Waals surface area (Å²) in [6, 6.07) is 21.2. The van der Waals surface area contributed by atoms with Crippen molar-refractivity contribution in [3.63, 3.8) is 0 Å². The molecule has 4 aromatic rings. The van der Waals surface area contributed by atoms with Gasteiger partial charge in [0.2, 0.25) is 15.9 Å². The van der Waals surface area contributed by atoms with E-state index in [0.29, 0.717) is 18.5 Å². The summed E-state index contributed by atoms with van der Waals surface area (Å²) in [5, 5.41) is 8.27. The Labute approximate surface area is 206 Å². The minimum absolute atomic E-state index is 0.0309. The standard InChI is InChI=1S/C27H30N4O3S/c1-3-14-31-25-11-10-23(35(28,33)34)17-24(25)30-26(31)12-13-27(32)29-18-20-7-5-9-22(16-20)21-8-4-6-19(2)15-21/h4-11,15-17H,3,12-14,18H2,1-2H3,(H,29,32)(H2,28,33,34). The SMILES string of the molecule is CCCn1c(CCC(=O)NCc2cccc(-c3cccc(C)c3)c2)nc2cc(S(N)(=O)=O)ccc21. The van der Waals surface area contributed by atoms with Gasteiger partial charge in [0, 0.05) is 25.9 Å². The fourth-order valence-corrected chi connectivity index (χ4v) is 4.73. The molecule has 0 radical (unpaired) electrons. The number of aromatic nitrogens is 2. The molecule has 7 nitrogen and oxygen atoms in total. The summed E-state index contributed by atoms with van der Waals surface area (Å²) in [4.78, 5) is 17.3. The van der Waals surface area contributed by atoms with Gasteiger partial charge < -0.3 is 9.88 Å². The largest absolute Gasteiger partial charge is 0.352 e. The molecule has 0 spiro atoms. The van der Waals surface area contributed by atoms with E-state index in [1.54, 1.807) is 6.07 Å². The van der Waals surface area contributed by atoms with E-state index in [-0.39, 0.29) is 17.2 Å². The molecule has 8 heteroatoms. The van der Waals surface area contributed by atoms with Gasteiger partial charge in [-0.25, -0.2) is 18.5 Å². The molecule has 3 N–H and O–H groups in total. The predicted molar refractivity (Wildman–Crippen MR) is 138 cm³/mol. The summed E-state index contributed by atoms with van der Waals surface area (Å²) >= 11 is 0. The van der Waals surface area contributed by atoms with Gasteiger partial charge in [-0.05, 0) is 54.3 Å². The van der Waals surface area contributed by atoms with Crippen molar-refractivity contribution >= 4 is 27.0 Å². The fourth-order valence-electron chi connectivity index (χ4n) is 4.20. The lowest BCUT2D eigenvalue weighted by atomic mass is 10.0. The van der Waals surface area contributed by atoms with Crippen molar-refractivity contribution in [3.8, 4) is 11.1 Å². The lowest BCUT2D eigenvalue weighted by Gasteiger charge is -2.10. The molecular formula is C27H30N4O3S. The van der Waals surface area contributed by atoms with Crippen molar-refractivity contribution in [1.82, 2.24) is 14.9 Å². The third-order valence-electron chi connectivity index (χ3n) is 5.92. The predicted octanol–water partition coefficient (Wildman–Crippen LogP) is 4.32. The molecule has 3 aromatic carbocycles. The van der Waals surface area contributed by atoms with Gasteiger partial charge in [-0.1, -0.05) is 55.0 Å². The van der Waals surface area contributed by atoms with Gasteiger partial charge in [-0.2, -0.15) is 0 Å². The lowest BCUT2D eigenvalue weighted by molar-refractivity contribution is -0.121. The Morgan fingerprint density at radius 3 is 2.49 bits per heavy atom. The molecule has 0 bridgehead atoms. The van der Waals surface area contributed by atoms with Crippen LogP contribution < -0.4 is 10.5 Å². The first kappa shape index (κ1) is 24.6. The van der Waals surface area contributed by atoms with Crippen LogP contribution in [0, 0.1) is 6.92 Å². The van der Waals surface area contributed by atoms with Gasteiger partial charge >= 0.3 is 0 Å². The van der Waals surface area contributed by atoms with E-state index in [1.165, 1.54) is 17.7 Å². The van der Waals surface area contributed by atoms with Crippen LogP contribution >= 0.6 is 0 Å². The lowest BCUT2D eigenvalue weighted by Crippen LogP contribution is -2.23. The normalized spacial score (nSPS) is 11.6. The number of rotatable bonds is 9. The van der Waals surface area contributed by atoms with Crippen LogP contribution in [-0.4, -0.2) is 23.9 Å². The molecule has 0 atom stereocenters. The van der Waals surface area contributed by atoms with Crippen molar-refractivity contribution in [1.29, 1.82) is 0 Å². The Kier molecular flexibility index (Phi) is 7.33. The monoisotopic (exact) mass is 490 g/mol. The highest BCUT2D eigenvalue weighted by atomic mass is 32.2. The number of hydrogen-bond acceptors (Lipinski definition) is 4. The van der Waals surface area contributed by atoms with Crippen LogP contribution in [0.25, 0.3) is 22.2 Å². The summed E-state index contributed by atoms with van der Waals surface area (Å²) in [5.74, 6) is 0.691. The fraction of sp³-hybridized carbons (Fsp3) is 0.259. The summed E-state index contributed by atoms with van der Waals surface area (Å²) < 4.78 is 25.5. The number of hydrogen-bond donors (Lipinski definition) is 2. The summed E-state index contributed by atoms with van der Waals surface area (Å²) in [6.07, 6.45) is 1.63. The minimum atomic E-state index is -3.81.